The fourth-order valence-electron chi connectivity index (χ4n) is 1.76. The number of carbonyl (C=O) groups is 1. The van der Waals surface area contributed by atoms with E-state index in [1.807, 2.05) is 0 Å². The molecule has 1 heterocycles. The second kappa shape index (κ2) is 4.89. The molecule has 1 aromatic carbocycles. The number of nitrogens with zero attached hydrogens (tertiary/aromatic N) is 1. The zero-order valence-electron chi connectivity index (χ0n) is 9.84. The zero-order chi connectivity index (χ0) is 13.3. The van der Waals surface area contributed by atoms with Gasteiger partial charge in [0.25, 0.3) is 5.91 Å². The maximum absolute atomic E-state index is 12.2. The summed E-state index contributed by atoms with van der Waals surface area (Å²) in [5.74, 6) is -0.0409. The normalized spacial score (nSPS) is 14.8. The molecule has 1 amide bonds. The maximum Gasteiger partial charge on any atom is 0.254 e. The van der Waals surface area contributed by atoms with Crippen molar-refractivity contribution >= 4 is 17.7 Å². The van der Waals surface area contributed by atoms with Gasteiger partial charge in [-0.15, -0.1) is 11.8 Å². The van der Waals surface area contributed by atoms with Crippen molar-refractivity contribution < 1.29 is 15.0 Å². The largest absolute Gasteiger partial charge is 0.504 e. The molecular formula is C12H13NO4S. The van der Waals surface area contributed by atoms with Crippen molar-refractivity contribution in [3.05, 3.63) is 33.5 Å². The second-order valence-corrected chi connectivity index (χ2v) is 5.16. The highest BCUT2D eigenvalue weighted by Gasteiger charge is 2.22. The van der Waals surface area contributed by atoms with E-state index in [1.54, 1.807) is 23.6 Å². The molecule has 0 aliphatic carbocycles. The van der Waals surface area contributed by atoms with Crippen LogP contribution in [0, 0.1) is 6.92 Å². The fourth-order valence-corrected chi connectivity index (χ4v) is 2.71. The van der Waals surface area contributed by atoms with E-state index in [4.69, 9.17) is 0 Å². The molecule has 1 saturated heterocycles. The summed E-state index contributed by atoms with van der Waals surface area (Å²) in [4.78, 5) is 25.3. The van der Waals surface area contributed by atoms with E-state index >= 15 is 0 Å². The standard InChI is InChI=1S/C12H13NO4S/c1-7-4-9(14)11(16)10(15)5-8(7)12(17)13-2-3-18-6-13/h4-5H,2-3,6H2,1H3,(H2,14,15,16). The molecule has 5 nitrogen and oxygen atoms in total. The van der Waals surface area contributed by atoms with Crippen LogP contribution in [-0.4, -0.2) is 39.2 Å². The third-order valence-electron chi connectivity index (χ3n) is 2.80. The maximum atomic E-state index is 12.2. The van der Waals surface area contributed by atoms with Crippen LogP contribution >= 0.6 is 11.8 Å². The van der Waals surface area contributed by atoms with Crippen LogP contribution in [0.15, 0.2) is 16.9 Å². The van der Waals surface area contributed by atoms with Crippen molar-refractivity contribution in [2.24, 2.45) is 0 Å². The van der Waals surface area contributed by atoms with Gasteiger partial charge in [-0.25, -0.2) is 0 Å². The first-order valence-corrected chi connectivity index (χ1v) is 6.60. The summed E-state index contributed by atoms with van der Waals surface area (Å²) in [6.07, 6.45) is 0. The van der Waals surface area contributed by atoms with Crippen LogP contribution in [0.1, 0.15) is 15.9 Å². The monoisotopic (exact) mass is 267 g/mol. The van der Waals surface area contributed by atoms with Crippen LogP contribution in [0.2, 0.25) is 0 Å². The lowest BCUT2D eigenvalue weighted by Crippen LogP contribution is -2.28. The predicted octanol–water partition coefficient (Wildman–Crippen LogP) is 0.913. The minimum atomic E-state index is -0.729. The van der Waals surface area contributed by atoms with E-state index in [0.717, 1.165) is 17.9 Å². The Kier molecular flexibility index (Phi) is 3.47. The molecule has 0 unspecified atom stereocenters. The lowest BCUT2D eigenvalue weighted by Gasteiger charge is -2.14. The molecule has 0 bridgehead atoms. The average Bonchev–Trinajstić information content (AvgIpc) is 2.84. The number of rotatable bonds is 1. The molecule has 2 rings (SSSR count). The quantitative estimate of drug-likeness (QED) is 0.791. The van der Waals surface area contributed by atoms with E-state index < -0.39 is 16.9 Å². The number of thioether (sulfide) groups is 1. The van der Waals surface area contributed by atoms with Gasteiger partial charge in [-0.05, 0) is 24.6 Å². The molecule has 6 heteroatoms. The van der Waals surface area contributed by atoms with Gasteiger partial charge in [-0.1, -0.05) is 0 Å². The molecule has 0 radical (unpaired) electrons. The van der Waals surface area contributed by atoms with E-state index in [0.29, 0.717) is 18.0 Å². The smallest absolute Gasteiger partial charge is 0.254 e. The summed E-state index contributed by atoms with van der Waals surface area (Å²) in [5, 5.41) is 18.9. The molecule has 18 heavy (non-hydrogen) atoms. The lowest BCUT2D eigenvalue weighted by molar-refractivity contribution is 0.0802. The van der Waals surface area contributed by atoms with Crippen LogP contribution in [0.4, 0.5) is 0 Å². The Balaban J connectivity index is 2.51. The van der Waals surface area contributed by atoms with Crippen molar-refractivity contribution in [2.45, 2.75) is 6.92 Å². The summed E-state index contributed by atoms with van der Waals surface area (Å²) in [7, 11) is 0. The third-order valence-corrected chi connectivity index (χ3v) is 3.77. The highest BCUT2D eigenvalue weighted by atomic mass is 32.2. The first-order chi connectivity index (χ1) is 8.50. The summed E-state index contributed by atoms with van der Waals surface area (Å²) < 4.78 is 0. The van der Waals surface area contributed by atoms with Gasteiger partial charge in [0.15, 0.2) is 5.75 Å². The zero-order valence-corrected chi connectivity index (χ0v) is 10.7. The van der Waals surface area contributed by atoms with Gasteiger partial charge in [-0.3, -0.25) is 9.59 Å². The van der Waals surface area contributed by atoms with Crippen molar-refractivity contribution in [1.82, 2.24) is 4.90 Å². The summed E-state index contributed by atoms with van der Waals surface area (Å²) in [5.41, 5.74) is -0.00949. The Morgan fingerprint density at radius 1 is 1.39 bits per heavy atom. The van der Waals surface area contributed by atoms with Crippen molar-refractivity contribution in [1.29, 1.82) is 0 Å². The molecule has 1 aliphatic heterocycles. The number of carbonyl (C=O) groups excluding carboxylic acids is 1. The molecule has 0 spiro atoms. The Morgan fingerprint density at radius 3 is 2.72 bits per heavy atom. The van der Waals surface area contributed by atoms with E-state index in [-0.39, 0.29) is 11.5 Å². The third kappa shape index (κ3) is 2.28. The number of aryl methyl sites for hydroxylation is 1. The number of amides is 1. The number of hydrogen-bond donors (Lipinski definition) is 2. The van der Waals surface area contributed by atoms with Gasteiger partial charge in [-0.2, -0.15) is 0 Å². The van der Waals surface area contributed by atoms with Gasteiger partial charge in [0, 0.05) is 17.9 Å². The van der Waals surface area contributed by atoms with E-state index in [2.05, 4.69) is 0 Å². The van der Waals surface area contributed by atoms with Crippen molar-refractivity contribution in [3.63, 3.8) is 0 Å². The van der Waals surface area contributed by atoms with Gasteiger partial charge >= 0.3 is 0 Å². The molecule has 0 atom stereocenters. The second-order valence-electron chi connectivity index (χ2n) is 4.09. The van der Waals surface area contributed by atoms with Crippen molar-refractivity contribution in [3.8, 4) is 11.5 Å². The molecule has 0 aromatic heterocycles. The summed E-state index contributed by atoms with van der Waals surface area (Å²) >= 11 is 1.65. The van der Waals surface area contributed by atoms with Crippen LogP contribution in [0.5, 0.6) is 11.5 Å². The summed E-state index contributed by atoms with van der Waals surface area (Å²) in [6.45, 7) is 2.26. The Morgan fingerprint density at radius 2 is 2.11 bits per heavy atom. The first-order valence-electron chi connectivity index (χ1n) is 5.44. The highest BCUT2D eigenvalue weighted by Crippen LogP contribution is 2.24. The van der Waals surface area contributed by atoms with Crippen LogP contribution in [0.3, 0.4) is 0 Å². The molecule has 1 aromatic rings. The number of aromatic hydroxyl groups is 2. The first kappa shape index (κ1) is 12.8. The van der Waals surface area contributed by atoms with E-state index in [9.17, 15) is 19.8 Å². The highest BCUT2D eigenvalue weighted by molar-refractivity contribution is 7.99. The van der Waals surface area contributed by atoms with Gasteiger partial charge in [0.2, 0.25) is 11.2 Å². The SMILES string of the molecule is Cc1cc(=O)c(O)c(O)cc1C(=O)N1CCSC1. The van der Waals surface area contributed by atoms with Gasteiger partial charge < -0.3 is 15.1 Å². The molecule has 2 N–H and O–H groups in total. The van der Waals surface area contributed by atoms with Crippen LogP contribution in [0.25, 0.3) is 0 Å². The molecule has 1 fully saturated rings. The average molecular weight is 267 g/mol. The topological polar surface area (TPSA) is 77.8 Å². The minimum Gasteiger partial charge on any atom is -0.504 e. The Labute approximate surface area is 108 Å². The minimum absolute atomic E-state index is 0.234. The summed E-state index contributed by atoms with van der Waals surface area (Å²) in [6, 6.07) is 2.31. The Hall–Kier alpha value is -1.69. The van der Waals surface area contributed by atoms with Gasteiger partial charge in [0.1, 0.15) is 0 Å². The predicted molar refractivity (Wildman–Crippen MR) is 69.1 cm³/mol. The lowest BCUT2D eigenvalue weighted by atomic mass is 10.1. The fraction of sp³-hybridized carbons (Fsp3) is 0.333. The van der Waals surface area contributed by atoms with Crippen molar-refractivity contribution in [2.75, 3.05) is 18.2 Å². The van der Waals surface area contributed by atoms with E-state index in [1.165, 1.54) is 0 Å². The van der Waals surface area contributed by atoms with Gasteiger partial charge in [0.05, 0.1) is 5.88 Å². The molecule has 1 aliphatic rings. The van der Waals surface area contributed by atoms with Crippen LogP contribution in [-0.2, 0) is 0 Å². The Bertz CT molecular complexity index is 553. The molecule has 0 saturated carbocycles. The van der Waals surface area contributed by atoms with Crippen LogP contribution < -0.4 is 5.43 Å². The molecular weight excluding hydrogens is 254 g/mol. The molecule has 96 valence electrons. The number of hydrogen-bond acceptors (Lipinski definition) is 5.